The maximum atomic E-state index is 11.4. The van der Waals surface area contributed by atoms with E-state index in [0.717, 1.165) is 0 Å². The van der Waals surface area contributed by atoms with E-state index in [0.29, 0.717) is 0 Å². The lowest BCUT2D eigenvalue weighted by atomic mass is 9.34. The first kappa shape index (κ1) is 13.6. The van der Waals surface area contributed by atoms with Crippen molar-refractivity contribution in [3.8, 4) is 0 Å². The highest BCUT2D eigenvalue weighted by Crippen LogP contribution is 2.27. The molecule has 0 N–H and O–H groups in total. The Hall–Kier alpha value is -1.83. The molecule has 0 heterocycles. The molecule has 2 aromatic rings. The van der Waals surface area contributed by atoms with Crippen molar-refractivity contribution in [3.63, 3.8) is 0 Å². The average molecular weight is 249 g/mol. The molecule has 0 saturated heterocycles. The first-order chi connectivity index (χ1) is 9.24. The summed E-state index contributed by atoms with van der Waals surface area (Å²) in [5, 5.41) is 0. The fourth-order valence-corrected chi connectivity index (χ4v) is 2.57. The van der Waals surface area contributed by atoms with Gasteiger partial charge in [-0.3, -0.25) is 0 Å². The summed E-state index contributed by atoms with van der Waals surface area (Å²) in [6, 6.07) is 20.4. The van der Waals surface area contributed by atoms with E-state index in [9.17, 15) is 4.79 Å². The van der Waals surface area contributed by atoms with Gasteiger partial charge in [0.1, 0.15) is 6.19 Å². The van der Waals surface area contributed by atoms with Gasteiger partial charge < -0.3 is 4.79 Å². The van der Waals surface area contributed by atoms with Crippen LogP contribution in [0, 0.1) is 0 Å². The zero-order chi connectivity index (χ0) is 13.7. The van der Waals surface area contributed by atoms with E-state index in [1.165, 1.54) is 11.1 Å². The summed E-state index contributed by atoms with van der Waals surface area (Å²) < 4.78 is 0. The predicted molar refractivity (Wildman–Crippen MR) is 81.2 cm³/mol. The van der Waals surface area contributed by atoms with Crippen LogP contribution in [0.1, 0.15) is 36.6 Å². The molecular weight excluding hydrogens is 231 g/mol. The number of hydrogen-bond acceptors (Lipinski definition) is 1. The molecular formula is C17H18BO. The van der Waals surface area contributed by atoms with E-state index >= 15 is 0 Å². The van der Waals surface area contributed by atoms with Gasteiger partial charge in [-0.15, -0.1) is 0 Å². The van der Waals surface area contributed by atoms with Crippen LogP contribution in [-0.4, -0.2) is 12.9 Å². The van der Waals surface area contributed by atoms with Crippen LogP contribution in [-0.2, 0) is 4.79 Å². The summed E-state index contributed by atoms with van der Waals surface area (Å²) >= 11 is 0. The molecule has 0 aliphatic carbocycles. The Balaban J connectivity index is 2.23. The maximum Gasteiger partial charge on any atom is 0.247 e. The summed E-state index contributed by atoms with van der Waals surface area (Å²) in [5.74, 6) is 0.350. The van der Waals surface area contributed by atoms with Crippen molar-refractivity contribution in [1.82, 2.24) is 0 Å². The maximum absolute atomic E-state index is 11.4. The Labute approximate surface area is 115 Å². The lowest BCUT2D eigenvalue weighted by molar-refractivity contribution is 0.566. The van der Waals surface area contributed by atoms with Crippen molar-refractivity contribution < 1.29 is 4.79 Å². The lowest BCUT2D eigenvalue weighted by Crippen LogP contribution is -2.30. The largest absolute Gasteiger partial charge is 0.304 e. The van der Waals surface area contributed by atoms with Crippen LogP contribution in [0.3, 0.4) is 0 Å². The van der Waals surface area contributed by atoms with Gasteiger partial charge in [0, 0.05) is 0 Å². The molecule has 1 nitrogen and oxygen atoms in total. The second kappa shape index (κ2) is 6.37. The van der Waals surface area contributed by atoms with Gasteiger partial charge in [0.2, 0.25) is 6.71 Å². The van der Waals surface area contributed by atoms with E-state index in [1.807, 2.05) is 36.4 Å². The van der Waals surface area contributed by atoms with Gasteiger partial charge in [-0.05, 0) is 11.6 Å². The summed E-state index contributed by atoms with van der Waals surface area (Å²) in [7, 11) is 0. The molecule has 0 fully saturated rings. The number of hydrogen-bond donors (Lipinski definition) is 0. The fourth-order valence-electron chi connectivity index (χ4n) is 2.57. The molecule has 2 rings (SSSR count). The van der Waals surface area contributed by atoms with Crippen LogP contribution in [0.2, 0.25) is 0 Å². The number of rotatable bonds is 5. The Kier molecular flexibility index (Phi) is 4.56. The van der Waals surface area contributed by atoms with E-state index < -0.39 is 0 Å². The van der Waals surface area contributed by atoms with E-state index in [2.05, 4.69) is 44.3 Å². The van der Waals surface area contributed by atoms with Crippen molar-refractivity contribution in [2.75, 3.05) is 0 Å². The molecule has 0 spiro atoms. The molecule has 0 aliphatic heterocycles. The standard InChI is InChI=1S/C17H18BO/c1-14(16-9-5-3-6-10-16)18(13-19)15(2)17-11-7-4-8-12-17/h3-12,14-15H,1-2H3. The molecule has 2 unspecified atom stereocenters. The van der Waals surface area contributed by atoms with Crippen LogP contribution in [0.25, 0.3) is 0 Å². The summed E-state index contributed by atoms with van der Waals surface area (Å²) in [5.41, 5.74) is 2.39. The highest BCUT2D eigenvalue weighted by molar-refractivity contribution is 6.86. The minimum atomic E-state index is -0.121. The quantitative estimate of drug-likeness (QED) is 0.736. The first-order valence-electron chi connectivity index (χ1n) is 6.71. The van der Waals surface area contributed by atoms with Crippen LogP contribution in [0.5, 0.6) is 0 Å². The van der Waals surface area contributed by atoms with Crippen LogP contribution >= 0.6 is 0 Å². The molecule has 95 valence electrons. The molecule has 0 aromatic heterocycles. The molecule has 2 aromatic carbocycles. The third-order valence-electron chi connectivity index (χ3n) is 3.86. The average Bonchev–Trinajstić information content (AvgIpc) is 2.49. The van der Waals surface area contributed by atoms with Gasteiger partial charge in [-0.1, -0.05) is 85.6 Å². The van der Waals surface area contributed by atoms with E-state index in [4.69, 9.17) is 0 Å². The molecule has 0 saturated carbocycles. The van der Waals surface area contributed by atoms with Gasteiger partial charge in [0.15, 0.2) is 0 Å². The summed E-state index contributed by atoms with van der Waals surface area (Å²) in [6.45, 7) is 4.08. The Morgan fingerprint density at radius 1 is 0.789 bits per heavy atom. The van der Waals surface area contributed by atoms with Crippen molar-refractivity contribution in [3.05, 3.63) is 71.8 Å². The van der Waals surface area contributed by atoms with Gasteiger partial charge in [0.25, 0.3) is 0 Å². The number of benzene rings is 2. The molecule has 1 radical (unpaired) electrons. The highest BCUT2D eigenvalue weighted by atomic mass is 16.1. The van der Waals surface area contributed by atoms with Crippen molar-refractivity contribution in [2.45, 2.75) is 25.5 Å². The SMILES string of the molecule is CC(B([C]=O)C(C)c1ccccc1)c1ccccc1. The topological polar surface area (TPSA) is 17.1 Å². The van der Waals surface area contributed by atoms with Crippen LogP contribution in [0.15, 0.2) is 60.7 Å². The second-order valence-electron chi connectivity index (χ2n) is 5.04. The monoisotopic (exact) mass is 249 g/mol. The first-order valence-corrected chi connectivity index (χ1v) is 6.71. The third-order valence-corrected chi connectivity index (χ3v) is 3.86. The molecule has 19 heavy (non-hydrogen) atoms. The zero-order valence-electron chi connectivity index (χ0n) is 11.4. The third kappa shape index (κ3) is 3.14. The smallest absolute Gasteiger partial charge is 0.247 e. The molecule has 0 aliphatic rings. The second-order valence-corrected chi connectivity index (χ2v) is 5.04. The van der Waals surface area contributed by atoms with E-state index in [-0.39, 0.29) is 18.3 Å². The molecule has 0 bridgehead atoms. The van der Waals surface area contributed by atoms with E-state index in [1.54, 1.807) is 0 Å². The van der Waals surface area contributed by atoms with Crippen molar-refractivity contribution in [1.29, 1.82) is 0 Å². The minimum absolute atomic E-state index is 0.121. The van der Waals surface area contributed by atoms with Crippen LogP contribution in [0.4, 0.5) is 0 Å². The summed E-state index contributed by atoms with van der Waals surface area (Å²) in [6.07, 6.45) is 2.25. The predicted octanol–water partition coefficient (Wildman–Crippen LogP) is 3.82. The Morgan fingerprint density at radius 2 is 1.16 bits per heavy atom. The fraction of sp³-hybridized carbons (Fsp3) is 0.235. The minimum Gasteiger partial charge on any atom is -0.304 e. The van der Waals surface area contributed by atoms with Crippen LogP contribution < -0.4 is 0 Å². The van der Waals surface area contributed by atoms with Gasteiger partial charge in [-0.2, -0.15) is 0 Å². The van der Waals surface area contributed by atoms with Gasteiger partial charge in [0.05, 0.1) is 0 Å². The molecule has 2 atom stereocenters. The Bertz CT molecular complexity index is 464. The summed E-state index contributed by atoms with van der Waals surface area (Å²) in [4.78, 5) is 11.4. The van der Waals surface area contributed by atoms with Crippen molar-refractivity contribution >= 4 is 12.9 Å². The zero-order valence-corrected chi connectivity index (χ0v) is 11.4. The van der Waals surface area contributed by atoms with Crippen molar-refractivity contribution in [2.24, 2.45) is 0 Å². The normalized spacial score (nSPS) is 13.6. The molecule has 0 amide bonds. The van der Waals surface area contributed by atoms with Gasteiger partial charge in [-0.25, -0.2) is 0 Å². The Morgan fingerprint density at radius 3 is 1.47 bits per heavy atom. The molecule has 2 heteroatoms. The van der Waals surface area contributed by atoms with Gasteiger partial charge >= 0.3 is 0 Å². The highest BCUT2D eigenvalue weighted by Gasteiger charge is 2.30. The lowest BCUT2D eigenvalue weighted by Gasteiger charge is -2.22. The number of carbonyl (C=O) groups excluding carboxylic acids is 1.